The highest BCUT2D eigenvalue weighted by molar-refractivity contribution is 6.22. The van der Waals surface area contributed by atoms with E-state index in [0.717, 1.165) is 21.9 Å². The highest BCUT2D eigenvalue weighted by Crippen LogP contribution is 2.45. The Morgan fingerprint density at radius 1 is 0.452 bits per heavy atom. The Hall–Kier alpha value is -5.60. The van der Waals surface area contributed by atoms with Crippen molar-refractivity contribution < 1.29 is 19.8 Å². The lowest BCUT2D eigenvalue weighted by Crippen LogP contribution is -1.90. The molecule has 0 N–H and O–H groups in total. The second kappa shape index (κ2) is 8.95. The summed E-state index contributed by atoms with van der Waals surface area (Å²) in [6, 6.07) is 25.3. The number of hydrogen-bond donors (Lipinski definition) is 0. The third kappa shape index (κ3) is 3.33. The van der Waals surface area contributed by atoms with E-state index in [2.05, 4.69) is 0 Å². The molecule has 0 spiro atoms. The molecule has 0 aliphatic carbocycles. The van der Waals surface area contributed by atoms with Crippen LogP contribution in [-0.2, 0) is 0 Å². The molecule has 0 amide bonds. The SMILES string of the molecule is [2H]c1c([2H])c([2H])c2c(-c3ccc4oc5c(ccc6c(-c7ccccc7)coc65)c4c3)c3c([2H])c([2H])c([2H])c([2H])c3c(-c3ccccc3)c2c1[2H]. The molecular weight excluding hydrogens is 512 g/mol. The molecule has 42 heavy (non-hydrogen) atoms. The van der Waals surface area contributed by atoms with E-state index < -0.39 is 24.2 Å². The van der Waals surface area contributed by atoms with Crippen LogP contribution in [0.4, 0.5) is 0 Å². The van der Waals surface area contributed by atoms with Crippen LogP contribution >= 0.6 is 0 Å². The van der Waals surface area contributed by atoms with E-state index in [0.29, 0.717) is 38.8 Å². The fourth-order valence-electron chi connectivity index (χ4n) is 6.13. The van der Waals surface area contributed by atoms with Crippen molar-refractivity contribution in [2.24, 2.45) is 0 Å². The number of rotatable bonds is 3. The maximum atomic E-state index is 9.18. The van der Waals surface area contributed by atoms with Crippen molar-refractivity contribution in [2.75, 3.05) is 0 Å². The zero-order valence-corrected chi connectivity index (χ0v) is 22.1. The molecule has 2 heterocycles. The first kappa shape index (κ1) is 16.6. The van der Waals surface area contributed by atoms with Gasteiger partial charge in [0, 0.05) is 21.7 Å². The standard InChI is InChI=1S/C40H24O2/c1-3-11-25(12-4-1)35-24-41-39-33(35)21-20-32-34-23-27(19-22-36(34)42-40(32)39)38-30-17-9-7-15-28(30)37(26-13-5-2-6-14-26)29-16-8-10-18-31(29)38/h1-24H/i7D,8D,9D,10D,15D,16D,17D,18D. The molecular formula is C40H24O2. The van der Waals surface area contributed by atoms with Gasteiger partial charge in [0.25, 0.3) is 0 Å². The molecule has 0 saturated carbocycles. The van der Waals surface area contributed by atoms with Gasteiger partial charge in [0.1, 0.15) is 5.58 Å². The van der Waals surface area contributed by atoms with Gasteiger partial charge in [-0.3, -0.25) is 0 Å². The van der Waals surface area contributed by atoms with Crippen LogP contribution in [0.5, 0.6) is 0 Å². The maximum absolute atomic E-state index is 9.18. The van der Waals surface area contributed by atoms with Crippen LogP contribution in [0, 0.1) is 0 Å². The van der Waals surface area contributed by atoms with Crippen molar-refractivity contribution in [3.05, 3.63) is 146 Å². The Balaban J connectivity index is 1.43. The first-order valence-electron chi connectivity index (χ1n) is 17.6. The third-order valence-electron chi connectivity index (χ3n) is 7.99. The van der Waals surface area contributed by atoms with Crippen LogP contribution in [0.1, 0.15) is 11.0 Å². The Morgan fingerprint density at radius 2 is 1.02 bits per heavy atom. The summed E-state index contributed by atoms with van der Waals surface area (Å²) in [6.07, 6.45) is 1.71. The van der Waals surface area contributed by atoms with Gasteiger partial charge in [-0.05, 0) is 73.6 Å². The number of furan rings is 2. The number of fused-ring (bicyclic) bond motifs is 7. The first-order chi connectivity index (χ1) is 24.2. The number of hydrogen-bond acceptors (Lipinski definition) is 2. The predicted octanol–water partition coefficient (Wildman–Crippen LogP) is 11.6. The van der Waals surface area contributed by atoms with Crippen LogP contribution in [-0.4, -0.2) is 0 Å². The van der Waals surface area contributed by atoms with E-state index >= 15 is 0 Å². The molecule has 0 atom stereocenters. The molecule has 0 aliphatic heterocycles. The minimum atomic E-state index is -0.438. The van der Waals surface area contributed by atoms with Crippen molar-refractivity contribution in [1.29, 1.82) is 0 Å². The second-order valence-corrected chi connectivity index (χ2v) is 10.3. The molecule has 0 unspecified atom stereocenters. The van der Waals surface area contributed by atoms with Crippen molar-refractivity contribution in [1.82, 2.24) is 0 Å². The van der Waals surface area contributed by atoms with Gasteiger partial charge in [0.05, 0.1) is 17.2 Å². The Morgan fingerprint density at radius 3 is 1.67 bits per heavy atom. The lowest BCUT2D eigenvalue weighted by atomic mass is 9.86. The largest absolute Gasteiger partial charge is 0.460 e. The average Bonchev–Trinajstić information content (AvgIpc) is 3.75. The first-order valence-corrected chi connectivity index (χ1v) is 13.6. The zero-order chi connectivity index (χ0) is 34.6. The lowest BCUT2D eigenvalue weighted by Gasteiger charge is -2.17. The van der Waals surface area contributed by atoms with E-state index in [1.165, 1.54) is 0 Å². The fourth-order valence-corrected chi connectivity index (χ4v) is 6.13. The maximum Gasteiger partial charge on any atom is 0.178 e. The normalized spacial score (nSPS) is 14.5. The highest BCUT2D eigenvalue weighted by Gasteiger charge is 2.19. The predicted molar refractivity (Wildman–Crippen MR) is 175 cm³/mol. The molecule has 0 saturated heterocycles. The summed E-state index contributed by atoms with van der Waals surface area (Å²) in [5, 5.41) is 3.06. The fraction of sp³-hybridized carbons (Fsp3) is 0. The molecule has 196 valence electrons. The topological polar surface area (TPSA) is 26.3 Å². The van der Waals surface area contributed by atoms with Crippen molar-refractivity contribution >= 4 is 54.5 Å². The number of benzene rings is 7. The zero-order valence-electron chi connectivity index (χ0n) is 30.1. The molecule has 0 radical (unpaired) electrons. The third-order valence-corrected chi connectivity index (χ3v) is 7.99. The minimum Gasteiger partial charge on any atom is -0.460 e. The van der Waals surface area contributed by atoms with E-state index in [4.69, 9.17) is 17.1 Å². The van der Waals surface area contributed by atoms with Crippen molar-refractivity contribution in [3.63, 3.8) is 0 Å². The van der Waals surface area contributed by atoms with Gasteiger partial charge in [-0.15, -0.1) is 0 Å². The molecule has 2 heteroatoms. The average molecular weight is 545 g/mol. The molecule has 7 aromatic carbocycles. The van der Waals surface area contributed by atoms with Crippen LogP contribution < -0.4 is 0 Å². The smallest absolute Gasteiger partial charge is 0.178 e. The molecule has 9 aromatic rings. The molecule has 0 aliphatic rings. The highest BCUT2D eigenvalue weighted by atomic mass is 16.4. The molecule has 2 nitrogen and oxygen atoms in total. The Kier molecular flexibility index (Phi) is 3.54. The summed E-state index contributed by atoms with van der Waals surface area (Å²) >= 11 is 0. The summed E-state index contributed by atoms with van der Waals surface area (Å²) in [6.45, 7) is 0. The van der Waals surface area contributed by atoms with Gasteiger partial charge < -0.3 is 8.83 Å². The summed E-state index contributed by atoms with van der Waals surface area (Å²) in [5.41, 5.74) is 5.33. The van der Waals surface area contributed by atoms with E-state index in [9.17, 15) is 2.74 Å². The molecule has 9 rings (SSSR count). The quantitative estimate of drug-likeness (QED) is 0.207. The van der Waals surface area contributed by atoms with E-state index in [-0.39, 0.29) is 51.3 Å². The van der Waals surface area contributed by atoms with Gasteiger partial charge >= 0.3 is 0 Å². The molecule has 0 fully saturated rings. The lowest BCUT2D eigenvalue weighted by molar-refractivity contribution is 0.600. The Bertz CT molecular complexity index is 2810. The van der Waals surface area contributed by atoms with Gasteiger partial charge in [-0.2, -0.15) is 0 Å². The van der Waals surface area contributed by atoms with Gasteiger partial charge in [0.2, 0.25) is 0 Å². The van der Waals surface area contributed by atoms with Gasteiger partial charge in [-0.1, -0.05) is 115 Å². The molecule has 2 aromatic heterocycles. The minimum absolute atomic E-state index is 0.167. The molecule has 0 bridgehead atoms. The van der Waals surface area contributed by atoms with Crippen molar-refractivity contribution in [2.45, 2.75) is 0 Å². The van der Waals surface area contributed by atoms with Crippen LogP contribution in [0.3, 0.4) is 0 Å². The van der Waals surface area contributed by atoms with Gasteiger partial charge in [-0.25, -0.2) is 0 Å². The van der Waals surface area contributed by atoms with E-state index in [1.807, 2.05) is 54.6 Å². The summed E-state index contributed by atoms with van der Waals surface area (Å²) in [7, 11) is 0. The summed E-state index contributed by atoms with van der Waals surface area (Å²) < 4.78 is 83.6. The van der Waals surface area contributed by atoms with Crippen LogP contribution in [0.15, 0.2) is 154 Å². The summed E-state index contributed by atoms with van der Waals surface area (Å²) in [4.78, 5) is 0. The summed E-state index contributed by atoms with van der Waals surface area (Å²) in [5.74, 6) is 0. The van der Waals surface area contributed by atoms with Gasteiger partial charge in [0.15, 0.2) is 11.2 Å². The Labute approximate surface area is 253 Å². The second-order valence-electron chi connectivity index (χ2n) is 10.3. The van der Waals surface area contributed by atoms with E-state index in [1.54, 1.807) is 42.7 Å². The van der Waals surface area contributed by atoms with Crippen LogP contribution in [0.2, 0.25) is 0 Å². The van der Waals surface area contributed by atoms with Crippen LogP contribution in [0.25, 0.3) is 87.8 Å². The monoisotopic (exact) mass is 544 g/mol. The van der Waals surface area contributed by atoms with Crippen molar-refractivity contribution in [3.8, 4) is 33.4 Å².